The number of nitrogens with zero attached hydrogens (tertiary/aromatic N) is 2. The van der Waals surface area contributed by atoms with Crippen molar-refractivity contribution in [2.75, 3.05) is 53.7 Å². The molecule has 1 aliphatic rings. The summed E-state index contributed by atoms with van der Waals surface area (Å²) in [5.74, 6) is 3.67. The van der Waals surface area contributed by atoms with Crippen LogP contribution >= 0.6 is 0 Å². The lowest BCUT2D eigenvalue weighted by molar-refractivity contribution is 0.0536. The maximum Gasteiger partial charge on any atom is 0.194 e. The van der Waals surface area contributed by atoms with Gasteiger partial charge in [0.25, 0.3) is 0 Å². The van der Waals surface area contributed by atoms with Crippen molar-refractivity contribution in [2.45, 2.75) is 19.9 Å². The Labute approximate surface area is 191 Å². The van der Waals surface area contributed by atoms with Gasteiger partial charge in [-0.2, -0.15) is 0 Å². The van der Waals surface area contributed by atoms with Crippen molar-refractivity contribution < 1.29 is 18.9 Å². The van der Waals surface area contributed by atoms with Crippen LogP contribution in [0, 0.1) is 5.92 Å². The van der Waals surface area contributed by atoms with Crippen LogP contribution in [0.4, 0.5) is 0 Å². The standard InChI is InChI=1S/C25H35N3O4/c1-4-26-25(28-14-13-21(18-28)19-31-16-15-29-2)27-17-20-9-11-22(12-10-20)32-24-8-6-5-7-23(24)30-3/h5-12,21H,4,13-19H2,1-3H3,(H,26,27). The van der Waals surface area contributed by atoms with E-state index in [0.29, 0.717) is 37.2 Å². The van der Waals surface area contributed by atoms with Gasteiger partial charge in [-0.3, -0.25) is 0 Å². The van der Waals surface area contributed by atoms with Gasteiger partial charge in [0.05, 0.1) is 33.5 Å². The van der Waals surface area contributed by atoms with E-state index < -0.39 is 0 Å². The molecule has 1 aliphatic heterocycles. The third kappa shape index (κ3) is 7.14. The molecule has 1 unspecified atom stereocenters. The van der Waals surface area contributed by atoms with Crippen molar-refractivity contribution in [3.05, 3.63) is 54.1 Å². The molecule has 0 bridgehead atoms. The summed E-state index contributed by atoms with van der Waals surface area (Å²) in [7, 11) is 3.34. The Morgan fingerprint density at radius 1 is 1.06 bits per heavy atom. The van der Waals surface area contributed by atoms with Crippen molar-refractivity contribution in [2.24, 2.45) is 10.9 Å². The first kappa shape index (κ1) is 23.9. The molecule has 1 fully saturated rings. The van der Waals surface area contributed by atoms with Crippen LogP contribution in [-0.4, -0.2) is 64.5 Å². The van der Waals surface area contributed by atoms with E-state index in [9.17, 15) is 0 Å². The summed E-state index contributed by atoms with van der Waals surface area (Å²) < 4.78 is 22.1. The van der Waals surface area contributed by atoms with E-state index in [-0.39, 0.29) is 0 Å². The summed E-state index contributed by atoms with van der Waals surface area (Å²) in [5, 5.41) is 3.42. The van der Waals surface area contributed by atoms with Crippen LogP contribution in [0.15, 0.2) is 53.5 Å². The smallest absolute Gasteiger partial charge is 0.194 e. The average Bonchev–Trinajstić information content (AvgIpc) is 3.29. The van der Waals surface area contributed by atoms with Crippen LogP contribution in [0.5, 0.6) is 17.2 Å². The number of ether oxygens (including phenoxy) is 4. The summed E-state index contributed by atoms with van der Waals surface area (Å²) in [4.78, 5) is 7.19. The molecule has 0 saturated carbocycles. The minimum Gasteiger partial charge on any atom is -0.493 e. The number of para-hydroxylation sites is 2. The highest BCUT2D eigenvalue weighted by Crippen LogP contribution is 2.31. The number of rotatable bonds is 11. The first-order chi connectivity index (χ1) is 15.7. The number of hydrogen-bond donors (Lipinski definition) is 1. The zero-order chi connectivity index (χ0) is 22.6. The van der Waals surface area contributed by atoms with Crippen molar-refractivity contribution in [1.82, 2.24) is 10.2 Å². The highest BCUT2D eigenvalue weighted by atomic mass is 16.5. The summed E-state index contributed by atoms with van der Waals surface area (Å²) in [6.45, 7) is 7.58. The van der Waals surface area contributed by atoms with Crippen LogP contribution in [0.25, 0.3) is 0 Å². The lowest BCUT2D eigenvalue weighted by atomic mass is 10.1. The fourth-order valence-electron chi connectivity index (χ4n) is 3.64. The second kappa shape index (κ2) is 12.9. The normalized spacial score (nSPS) is 16.3. The molecule has 0 spiro atoms. The quantitative estimate of drug-likeness (QED) is 0.324. The summed E-state index contributed by atoms with van der Waals surface area (Å²) in [6.07, 6.45) is 1.12. The van der Waals surface area contributed by atoms with Crippen LogP contribution in [0.1, 0.15) is 18.9 Å². The molecule has 0 aliphatic carbocycles. The monoisotopic (exact) mass is 441 g/mol. The Bertz CT molecular complexity index is 841. The molecular weight excluding hydrogens is 406 g/mol. The fraction of sp³-hybridized carbons (Fsp3) is 0.480. The molecule has 32 heavy (non-hydrogen) atoms. The van der Waals surface area contributed by atoms with E-state index in [4.69, 9.17) is 23.9 Å². The number of guanidine groups is 1. The summed E-state index contributed by atoms with van der Waals surface area (Å²) in [6, 6.07) is 15.7. The third-order valence-electron chi connectivity index (χ3n) is 5.34. The predicted molar refractivity (Wildman–Crippen MR) is 127 cm³/mol. The van der Waals surface area contributed by atoms with Crippen LogP contribution in [0.2, 0.25) is 0 Å². The lowest BCUT2D eigenvalue weighted by Crippen LogP contribution is -2.40. The molecule has 0 aromatic heterocycles. The molecule has 2 aromatic rings. The minimum atomic E-state index is 0.530. The Kier molecular flexibility index (Phi) is 9.65. The maximum absolute atomic E-state index is 5.96. The zero-order valence-electron chi connectivity index (χ0n) is 19.4. The third-order valence-corrected chi connectivity index (χ3v) is 5.34. The zero-order valence-corrected chi connectivity index (χ0v) is 19.4. The first-order valence-corrected chi connectivity index (χ1v) is 11.2. The van der Waals surface area contributed by atoms with E-state index in [1.165, 1.54) is 0 Å². The lowest BCUT2D eigenvalue weighted by Gasteiger charge is -2.21. The van der Waals surface area contributed by atoms with Gasteiger partial charge in [-0.05, 0) is 43.2 Å². The molecule has 3 rings (SSSR count). The topological polar surface area (TPSA) is 64.6 Å². The number of hydrogen-bond acceptors (Lipinski definition) is 5. The summed E-state index contributed by atoms with van der Waals surface area (Å²) >= 11 is 0. The van der Waals surface area contributed by atoms with Crippen molar-refractivity contribution >= 4 is 5.96 Å². The second-order valence-corrected chi connectivity index (χ2v) is 7.74. The van der Waals surface area contributed by atoms with Gasteiger partial charge in [0.1, 0.15) is 5.75 Å². The Morgan fingerprint density at radius 2 is 1.84 bits per heavy atom. The Balaban J connectivity index is 1.54. The first-order valence-electron chi connectivity index (χ1n) is 11.2. The molecule has 1 saturated heterocycles. The largest absolute Gasteiger partial charge is 0.493 e. The number of methoxy groups -OCH3 is 2. The fourth-order valence-corrected chi connectivity index (χ4v) is 3.64. The van der Waals surface area contributed by atoms with Crippen LogP contribution in [-0.2, 0) is 16.0 Å². The predicted octanol–water partition coefficient (Wildman–Crippen LogP) is 3.94. The molecule has 0 radical (unpaired) electrons. The van der Waals surface area contributed by atoms with Crippen molar-refractivity contribution in [3.63, 3.8) is 0 Å². The van der Waals surface area contributed by atoms with E-state index in [2.05, 4.69) is 17.1 Å². The molecule has 7 nitrogen and oxygen atoms in total. The van der Waals surface area contributed by atoms with Crippen LogP contribution in [0.3, 0.4) is 0 Å². The Hall–Kier alpha value is -2.77. The van der Waals surface area contributed by atoms with Gasteiger partial charge in [0.15, 0.2) is 17.5 Å². The van der Waals surface area contributed by atoms with E-state index >= 15 is 0 Å². The molecule has 1 heterocycles. The van der Waals surface area contributed by atoms with Crippen LogP contribution < -0.4 is 14.8 Å². The highest BCUT2D eigenvalue weighted by Gasteiger charge is 2.24. The van der Waals surface area contributed by atoms with Gasteiger partial charge >= 0.3 is 0 Å². The van der Waals surface area contributed by atoms with E-state index in [1.807, 2.05) is 48.5 Å². The maximum atomic E-state index is 5.96. The van der Waals surface area contributed by atoms with E-state index in [0.717, 1.165) is 49.9 Å². The Morgan fingerprint density at radius 3 is 2.56 bits per heavy atom. The van der Waals surface area contributed by atoms with Gasteiger partial charge < -0.3 is 29.2 Å². The summed E-state index contributed by atoms with van der Waals surface area (Å²) in [5.41, 5.74) is 1.13. The number of nitrogens with one attached hydrogen (secondary N) is 1. The van der Waals surface area contributed by atoms with Gasteiger partial charge in [-0.25, -0.2) is 4.99 Å². The van der Waals surface area contributed by atoms with Gasteiger partial charge in [-0.1, -0.05) is 24.3 Å². The average molecular weight is 442 g/mol. The molecule has 174 valence electrons. The van der Waals surface area contributed by atoms with Gasteiger partial charge in [-0.15, -0.1) is 0 Å². The number of benzene rings is 2. The SMILES string of the molecule is CCNC(=NCc1ccc(Oc2ccccc2OC)cc1)N1CCC(COCCOC)C1. The highest BCUT2D eigenvalue weighted by molar-refractivity contribution is 5.80. The molecular formula is C25H35N3O4. The molecule has 7 heteroatoms. The van der Waals surface area contributed by atoms with Crippen molar-refractivity contribution in [3.8, 4) is 17.2 Å². The van der Waals surface area contributed by atoms with E-state index in [1.54, 1.807) is 14.2 Å². The van der Waals surface area contributed by atoms with Gasteiger partial charge in [0.2, 0.25) is 0 Å². The van der Waals surface area contributed by atoms with Gasteiger partial charge in [0, 0.05) is 32.7 Å². The molecule has 1 N–H and O–H groups in total. The minimum absolute atomic E-state index is 0.530. The second-order valence-electron chi connectivity index (χ2n) is 7.74. The molecule has 0 amide bonds. The number of aliphatic imine (C=N–C) groups is 1. The molecule has 1 atom stereocenters. The van der Waals surface area contributed by atoms with Crippen molar-refractivity contribution in [1.29, 1.82) is 0 Å². The molecule has 2 aromatic carbocycles. The number of likely N-dealkylation sites (tertiary alicyclic amines) is 1.